The van der Waals surface area contributed by atoms with Crippen LogP contribution in [0.5, 0.6) is 0 Å². The minimum Gasteiger partial charge on any atom is -0.319 e. The summed E-state index contributed by atoms with van der Waals surface area (Å²) < 4.78 is 1.70. The highest BCUT2D eigenvalue weighted by atomic mass is 35.5. The fourth-order valence-electron chi connectivity index (χ4n) is 2.46. The van der Waals surface area contributed by atoms with E-state index in [0.717, 1.165) is 22.0 Å². The first-order chi connectivity index (χ1) is 10.9. The Bertz CT molecular complexity index is 931. The standard InChI is InChI=1S/C17H15Cl2N3O/c1-9-4-5-11-15(6-9)22(3)21-16(11)17(23)20-14-8-12(18)10(2)7-13(14)19/h4-8H,1-3H3,(H,20,23). The van der Waals surface area contributed by atoms with Crippen molar-refractivity contribution >= 4 is 45.7 Å². The molecule has 6 heteroatoms. The van der Waals surface area contributed by atoms with Crippen molar-refractivity contribution in [1.82, 2.24) is 9.78 Å². The predicted octanol–water partition coefficient (Wildman–Crippen LogP) is 4.75. The Kier molecular flexibility index (Phi) is 4.04. The predicted molar refractivity (Wildman–Crippen MR) is 94.6 cm³/mol. The number of nitrogens with zero attached hydrogens (tertiary/aromatic N) is 2. The molecule has 0 saturated heterocycles. The molecule has 0 aliphatic rings. The van der Waals surface area contributed by atoms with E-state index in [9.17, 15) is 4.79 Å². The third kappa shape index (κ3) is 2.92. The first-order valence-electron chi connectivity index (χ1n) is 7.07. The molecular weight excluding hydrogens is 333 g/mol. The molecule has 1 amide bonds. The van der Waals surface area contributed by atoms with Gasteiger partial charge in [-0.25, -0.2) is 0 Å². The van der Waals surface area contributed by atoms with Gasteiger partial charge in [0.1, 0.15) is 0 Å². The molecule has 0 spiro atoms. The van der Waals surface area contributed by atoms with E-state index in [1.807, 2.05) is 39.1 Å². The molecule has 1 N–H and O–H groups in total. The molecule has 0 saturated carbocycles. The number of hydrogen-bond acceptors (Lipinski definition) is 2. The number of benzene rings is 2. The van der Waals surface area contributed by atoms with Crippen LogP contribution in [0.25, 0.3) is 10.9 Å². The maximum atomic E-state index is 12.6. The Labute approximate surface area is 144 Å². The zero-order chi connectivity index (χ0) is 16.7. The monoisotopic (exact) mass is 347 g/mol. The lowest BCUT2D eigenvalue weighted by Gasteiger charge is -2.08. The second-order valence-electron chi connectivity index (χ2n) is 5.53. The summed E-state index contributed by atoms with van der Waals surface area (Å²) >= 11 is 12.3. The first-order valence-corrected chi connectivity index (χ1v) is 7.83. The lowest BCUT2D eigenvalue weighted by Crippen LogP contribution is -2.13. The lowest BCUT2D eigenvalue weighted by molar-refractivity contribution is 0.102. The van der Waals surface area contributed by atoms with Crippen molar-refractivity contribution in [3.63, 3.8) is 0 Å². The molecule has 0 unspecified atom stereocenters. The summed E-state index contributed by atoms with van der Waals surface area (Å²) in [6.45, 7) is 3.86. The van der Waals surface area contributed by atoms with Crippen LogP contribution in [-0.2, 0) is 7.05 Å². The molecule has 118 valence electrons. The smallest absolute Gasteiger partial charge is 0.276 e. The van der Waals surface area contributed by atoms with Crippen LogP contribution < -0.4 is 5.32 Å². The Balaban J connectivity index is 2.00. The Hall–Kier alpha value is -2.04. The van der Waals surface area contributed by atoms with Crippen molar-refractivity contribution in [3.8, 4) is 0 Å². The summed E-state index contributed by atoms with van der Waals surface area (Å²) in [5.41, 5.74) is 3.70. The SMILES string of the molecule is Cc1ccc2c(C(=O)Nc3cc(Cl)c(C)cc3Cl)nn(C)c2c1. The van der Waals surface area contributed by atoms with Gasteiger partial charge in [-0.1, -0.05) is 35.3 Å². The number of aromatic nitrogens is 2. The minimum atomic E-state index is -0.318. The third-order valence-electron chi connectivity index (χ3n) is 3.72. The number of hydrogen-bond donors (Lipinski definition) is 1. The molecule has 0 bridgehead atoms. The van der Waals surface area contributed by atoms with Crippen LogP contribution in [-0.4, -0.2) is 15.7 Å². The highest BCUT2D eigenvalue weighted by molar-refractivity contribution is 6.36. The van der Waals surface area contributed by atoms with E-state index in [4.69, 9.17) is 23.2 Å². The lowest BCUT2D eigenvalue weighted by atomic mass is 10.1. The van der Waals surface area contributed by atoms with Crippen LogP contribution in [0.2, 0.25) is 10.0 Å². The van der Waals surface area contributed by atoms with Gasteiger partial charge in [-0.2, -0.15) is 5.10 Å². The van der Waals surface area contributed by atoms with Gasteiger partial charge < -0.3 is 5.32 Å². The van der Waals surface area contributed by atoms with E-state index in [2.05, 4.69) is 10.4 Å². The second-order valence-corrected chi connectivity index (χ2v) is 6.34. The molecule has 1 aromatic heterocycles. The quantitative estimate of drug-likeness (QED) is 0.727. The van der Waals surface area contributed by atoms with Gasteiger partial charge in [0.25, 0.3) is 5.91 Å². The van der Waals surface area contributed by atoms with Crippen LogP contribution in [0.4, 0.5) is 5.69 Å². The second kappa shape index (κ2) is 5.87. The van der Waals surface area contributed by atoms with Crippen molar-refractivity contribution in [3.05, 3.63) is 57.2 Å². The molecule has 3 rings (SSSR count). The first kappa shape index (κ1) is 15.8. The molecular formula is C17H15Cl2N3O. The zero-order valence-electron chi connectivity index (χ0n) is 12.9. The highest BCUT2D eigenvalue weighted by Crippen LogP contribution is 2.29. The highest BCUT2D eigenvalue weighted by Gasteiger charge is 2.17. The number of rotatable bonds is 2. The maximum absolute atomic E-state index is 12.6. The van der Waals surface area contributed by atoms with Crippen LogP contribution >= 0.6 is 23.2 Å². The summed E-state index contributed by atoms with van der Waals surface area (Å²) in [5, 5.41) is 8.89. The number of nitrogens with one attached hydrogen (secondary N) is 1. The molecule has 2 aromatic carbocycles. The summed E-state index contributed by atoms with van der Waals surface area (Å²) in [5.74, 6) is -0.318. The van der Waals surface area contributed by atoms with Crippen molar-refractivity contribution in [1.29, 1.82) is 0 Å². The summed E-state index contributed by atoms with van der Waals surface area (Å²) in [7, 11) is 1.81. The molecule has 0 radical (unpaired) electrons. The van der Waals surface area contributed by atoms with Crippen molar-refractivity contribution in [2.24, 2.45) is 7.05 Å². The van der Waals surface area contributed by atoms with Crippen molar-refractivity contribution < 1.29 is 4.79 Å². The maximum Gasteiger partial charge on any atom is 0.276 e. The average Bonchev–Trinajstić information content (AvgIpc) is 2.81. The molecule has 0 atom stereocenters. The van der Waals surface area contributed by atoms with E-state index in [0.29, 0.717) is 21.4 Å². The summed E-state index contributed by atoms with van der Waals surface area (Å²) in [4.78, 5) is 12.6. The van der Waals surface area contributed by atoms with E-state index in [1.54, 1.807) is 16.8 Å². The molecule has 1 heterocycles. The van der Waals surface area contributed by atoms with Crippen LogP contribution in [0.15, 0.2) is 30.3 Å². The van der Waals surface area contributed by atoms with Gasteiger partial charge in [-0.15, -0.1) is 0 Å². The Morgan fingerprint density at radius 3 is 2.61 bits per heavy atom. The fraction of sp³-hybridized carbons (Fsp3) is 0.176. The number of amides is 1. The number of halogens is 2. The molecule has 3 aromatic rings. The Morgan fingerprint density at radius 1 is 1.13 bits per heavy atom. The minimum absolute atomic E-state index is 0.318. The van der Waals surface area contributed by atoms with Crippen LogP contribution in [0.1, 0.15) is 21.6 Å². The molecule has 0 aliphatic heterocycles. The normalized spacial score (nSPS) is 11.0. The number of carbonyl (C=O) groups excluding carboxylic acids is 1. The third-order valence-corrected chi connectivity index (χ3v) is 4.44. The molecule has 23 heavy (non-hydrogen) atoms. The van der Waals surface area contributed by atoms with E-state index >= 15 is 0 Å². The molecule has 4 nitrogen and oxygen atoms in total. The van der Waals surface area contributed by atoms with Gasteiger partial charge in [0.15, 0.2) is 5.69 Å². The largest absolute Gasteiger partial charge is 0.319 e. The van der Waals surface area contributed by atoms with Crippen molar-refractivity contribution in [2.75, 3.05) is 5.32 Å². The van der Waals surface area contributed by atoms with Gasteiger partial charge in [0.05, 0.1) is 16.2 Å². The fourth-order valence-corrected chi connectivity index (χ4v) is 2.89. The number of fused-ring (bicyclic) bond motifs is 1. The van der Waals surface area contributed by atoms with Crippen LogP contribution in [0.3, 0.4) is 0 Å². The number of anilines is 1. The van der Waals surface area contributed by atoms with Crippen molar-refractivity contribution in [2.45, 2.75) is 13.8 Å². The van der Waals surface area contributed by atoms with Gasteiger partial charge in [-0.3, -0.25) is 9.48 Å². The Morgan fingerprint density at radius 2 is 1.87 bits per heavy atom. The zero-order valence-corrected chi connectivity index (χ0v) is 14.5. The average molecular weight is 348 g/mol. The van der Waals surface area contributed by atoms with Gasteiger partial charge in [0.2, 0.25) is 0 Å². The number of carbonyl (C=O) groups is 1. The van der Waals surface area contributed by atoms with E-state index in [-0.39, 0.29) is 5.91 Å². The van der Waals surface area contributed by atoms with Gasteiger partial charge in [0, 0.05) is 17.5 Å². The topological polar surface area (TPSA) is 46.9 Å². The molecule has 0 fully saturated rings. The van der Waals surface area contributed by atoms with Crippen LogP contribution in [0, 0.1) is 13.8 Å². The molecule has 0 aliphatic carbocycles. The van der Waals surface area contributed by atoms with Gasteiger partial charge >= 0.3 is 0 Å². The van der Waals surface area contributed by atoms with E-state index in [1.165, 1.54) is 0 Å². The van der Waals surface area contributed by atoms with Gasteiger partial charge in [-0.05, 0) is 43.2 Å². The van der Waals surface area contributed by atoms with E-state index < -0.39 is 0 Å². The summed E-state index contributed by atoms with van der Waals surface area (Å²) in [6, 6.07) is 9.22. The number of aryl methyl sites for hydroxylation is 3. The summed E-state index contributed by atoms with van der Waals surface area (Å²) in [6.07, 6.45) is 0.